The van der Waals surface area contributed by atoms with Crippen LogP contribution in [0.4, 0.5) is 0 Å². The molecule has 1 saturated heterocycles. The topological polar surface area (TPSA) is 190 Å². The number of ether oxygens (including phenoxy) is 2. The minimum atomic E-state index is -1.70. The Bertz CT molecular complexity index is 1220. The highest BCUT2D eigenvalue weighted by Crippen LogP contribution is 2.43. The maximum atomic E-state index is 12.6. The maximum Gasteiger partial charge on any atom is 0.238 e. The van der Waals surface area contributed by atoms with Gasteiger partial charge in [-0.05, 0) is 31.2 Å². The van der Waals surface area contributed by atoms with E-state index in [9.17, 15) is 40.5 Å². The normalized spacial score (nSPS) is 25.7. The number of fused-ring (bicyclic) bond motifs is 1. The lowest BCUT2D eigenvalue weighted by Gasteiger charge is -2.38. The lowest BCUT2D eigenvalue weighted by molar-refractivity contribution is -0.268. The van der Waals surface area contributed by atoms with Crippen molar-refractivity contribution in [2.75, 3.05) is 0 Å². The zero-order valence-electron chi connectivity index (χ0n) is 16.5. The minimum absolute atomic E-state index is 0.0693. The van der Waals surface area contributed by atoms with Crippen LogP contribution in [0.5, 0.6) is 28.7 Å². The third kappa shape index (κ3) is 3.46. The van der Waals surface area contributed by atoms with Gasteiger partial charge in [0.25, 0.3) is 0 Å². The quantitative estimate of drug-likeness (QED) is 0.276. The number of rotatable bonds is 3. The summed E-state index contributed by atoms with van der Waals surface area (Å²) >= 11 is 0. The van der Waals surface area contributed by atoms with E-state index in [-0.39, 0.29) is 17.1 Å². The molecule has 2 aromatic carbocycles. The van der Waals surface area contributed by atoms with Crippen molar-refractivity contribution in [3.63, 3.8) is 0 Å². The number of hydrogen-bond acceptors (Lipinski definition) is 11. The molecule has 1 fully saturated rings. The second kappa shape index (κ2) is 7.88. The summed E-state index contributed by atoms with van der Waals surface area (Å²) < 4.78 is 16.2. The van der Waals surface area contributed by atoms with Crippen LogP contribution in [-0.4, -0.2) is 66.5 Å². The van der Waals surface area contributed by atoms with Crippen molar-refractivity contribution in [1.29, 1.82) is 0 Å². The first-order valence-electron chi connectivity index (χ1n) is 9.50. The van der Waals surface area contributed by atoms with E-state index in [4.69, 9.17) is 13.9 Å². The Labute approximate surface area is 179 Å². The standard InChI is InChI=1S/C21H20O11/c1-7-13(24)16(27)18(29)21(30-7)31-11-6-10(23)12-15(26)17(28)19(32-20(12)14(11)25)8-2-4-9(22)5-3-8/h2-7,13,16,18,21-25,27-29H,1H3/t7-,13-,16+,18-,21-/m0/s1. The Morgan fingerprint density at radius 1 is 0.906 bits per heavy atom. The number of phenols is 3. The van der Waals surface area contributed by atoms with E-state index in [0.717, 1.165) is 6.07 Å². The van der Waals surface area contributed by atoms with E-state index in [0.29, 0.717) is 0 Å². The van der Waals surface area contributed by atoms with E-state index in [1.807, 2.05) is 0 Å². The fourth-order valence-corrected chi connectivity index (χ4v) is 3.44. The van der Waals surface area contributed by atoms with Crippen molar-refractivity contribution < 1.29 is 49.6 Å². The third-order valence-electron chi connectivity index (χ3n) is 5.24. The molecule has 32 heavy (non-hydrogen) atoms. The highest BCUT2D eigenvalue weighted by molar-refractivity contribution is 5.93. The van der Waals surface area contributed by atoms with Gasteiger partial charge >= 0.3 is 0 Å². The molecule has 0 unspecified atom stereocenters. The molecule has 0 amide bonds. The van der Waals surface area contributed by atoms with Gasteiger partial charge in [0.05, 0.1) is 6.10 Å². The van der Waals surface area contributed by atoms with Crippen LogP contribution in [0.2, 0.25) is 0 Å². The molecule has 1 aliphatic heterocycles. The molecule has 0 spiro atoms. The highest BCUT2D eigenvalue weighted by Gasteiger charge is 2.43. The monoisotopic (exact) mass is 448 g/mol. The summed E-state index contributed by atoms with van der Waals surface area (Å²) in [6, 6.07) is 6.15. The van der Waals surface area contributed by atoms with E-state index in [2.05, 4.69) is 0 Å². The highest BCUT2D eigenvalue weighted by atomic mass is 16.7. The van der Waals surface area contributed by atoms with Crippen LogP contribution < -0.4 is 10.2 Å². The van der Waals surface area contributed by atoms with Gasteiger partial charge in [-0.1, -0.05) is 0 Å². The zero-order chi connectivity index (χ0) is 23.3. The smallest absolute Gasteiger partial charge is 0.238 e. The number of benzene rings is 2. The Morgan fingerprint density at radius 3 is 2.22 bits per heavy atom. The van der Waals surface area contributed by atoms with E-state index >= 15 is 0 Å². The van der Waals surface area contributed by atoms with Gasteiger partial charge in [0.15, 0.2) is 17.1 Å². The fourth-order valence-electron chi connectivity index (χ4n) is 3.44. The SMILES string of the molecule is C[C@@H]1O[C@@H](Oc2cc(O)c3c(=O)c(O)c(-c4ccc(O)cc4)oc3c2O)[C@@H](O)[C@H](O)[C@H]1O. The van der Waals surface area contributed by atoms with E-state index in [1.165, 1.54) is 31.2 Å². The molecule has 4 rings (SSSR count). The average Bonchev–Trinajstić information content (AvgIpc) is 2.76. The number of aliphatic hydroxyl groups is 3. The number of hydrogen-bond donors (Lipinski definition) is 7. The van der Waals surface area contributed by atoms with Gasteiger partial charge in [0, 0.05) is 11.6 Å². The van der Waals surface area contributed by atoms with Crippen LogP contribution in [0.15, 0.2) is 39.5 Å². The van der Waals surface area contributed by atoms with Crippen LogP contribution >= 0.6 is 0 Å². The van der Waals surface area contributed by atoms with Crippen molar-refractivity contribution in [1.82, 2.24) is 0 Å². The molecule has 11 heteroatoms. The molecule has 1 aliphatic rings. The largest absolute Gasteiger partial charge is 0.508 e. The molecule has 0 bridgehead atoms. The second-order valence-corrected chi connectivity index (χ2v) is 7.40. The summed E-state index contributed by atoms with van der Waals surface area (Å²) in [5, 5.41) is 70.0. The molecular formula is C21H20O11. The summed E-state index contributed by atoms with van der Waals surface area (Å²) in [7, 11) is 0. The molecule has 1 aromatic heterocycles. The first-order valence-corrected chi connectivity index (χ1v) is 9.50. The summed E-state index contributed by atoms with van der Waals surface area (Å²) in [6.45, 7) is 1.43. The van der Waals surface area contributed by atoms with Crippen molar-refractivity contribution in [3.05, 3.63) is 40.6 Å². The molecule has 3 aromatic rings. The fraction of sp³-hybridized carbons (Fsp3) is 0.286. The first kappa shape index (κ1) is 21.7. The van der Waals surface area contributed by atoms with E-state index < -0.39 is 70.1 Å². The van der Waals surface area contributed by atoms with Gasteiger partial charge in [0.1, 0.15) is 35.2 Å². The van der Waals surface area contributed by atoms with Gasteiger partial charge in [-0.15, -0.1) is 0 Å². The Balaban J connectivity index is 1.82. The van der Waals surface area contributed by atoms with Crippen molar-refractivity contribution in [2.24, 2.45) is 0 Å². The van der Waals surface area contributed by atoms with Crippen molar-refractivity contribution in [2.45, 2.75) is 37.6 Å². The van der Waals surface area contributed by atoms with Crippen LogP contribution in [0.25, 0.3) is 22.3 Å². The summed E-state index contributed by atoms with van der Waals surface area (Å²) in [5.74, 6) is -3.15. The zero-order valence-corrected chi connectivity index (χ0v) is 16.5. The molecule has 7 N–H and O–H groups in total. The number of aromatic hydroxyl groups is 4. The molecule has 5 atom stereocenters. The number of aliphatic hydroxyl groups excluding tert-OH is 3. The molecule has 0 saturated carbocycles. The van der Waals surface area contributed by atoms with Gasteiger partial charge < -0.3 is 49.6 Å². The lowest BCUT2D eigenvalue weighted by Crippen LogP contribution is -2.58. The second-order valence-electron chi connectivity index (χ2n) is 7.40. The molecule has 11 nitrogen and oxygen atoms in total. The lowest BCUT2D eigenvalue weighted by atomic mass is 10.00. The van der Waals surface area contributed by atoms with Crippen LogP contribution in [0.3, 0.4) is 0 Å². The number of phenolic OH excluding ortho intramolecular Hbond substituents is 3. The molecule has 170 valence electrons. The third-order valence-corrected chi connectivity index (χ3v) is 5.24. The molecule has 0 aliphatic carbocycles. The van der Waals surface area contributed by atoms with Crippen molar-refractivity contribution >= 4 is 11.0 Å². The molecule has 2 heterocycles. The van der Waals surface area contributed by atoms with Crippen molar-refractivity contribution in [3.8, 4) is 40.1 Å². The Morgan fingerprint density at radius 2 is 1.56 bits per heavy atom. The van der Waals surface area contributed by atoms with E-state index in [1.54, 1.807) is 0 Å². The molecule has 0 radical (unpaired) electrons. The predicted octanol–water partition coefficient (Wildman–Crippen LogP) is 0.489. The minimum Gasteiger partial charge on any atom is -0.508 e. The summed E-state index contributed by atoms with van der Waals surface area (Å²) in [5.41, 5.74) is -1.36. The van der Waals surface area contributed by atoms with Gasteiger partial charge in [-0.25, -0.2) is 0 Å². The van der Waals surface area contributed by atoms with Gasteiger partial charge in [-0.2, -0.15) is 0 Å². The van der Waals surface area contributed by atoms with Crippen LogP contribution in [0.1, 0.15) is 6.92 Å². The Kier molecular flexibility index (Phi) is 5.34. The summed E-state index contributed by atoms with van der Waals surface area (Å²) in [4.78, 5) is 12.6. The van der Waals surface area contributed by atoms with Gasteiger partial charge in [0.2, 0.25) is 23.2 Å². The predicted molar refractivity (Wildman–Crippen MR) is 108 cm³/mol. The average molecular weight is 448 g/mol. The van der Waals surface area contributed by atoms with Crippen LogP contribution in [0, 0.1) is 0 Å². The first-order chi connectivity index (χ1) is 15.1. The van der Waals surface area contributed by atoms with Crippen LogP contribution in [-0.2, 0) is 4.74 Å². The maximum absolute atomic E-state index is 12.6. The Hall–Kier alpha value is -3.51. The molecular weight excluding hydrogens is 428 g/mol. The summed E-state index contributed by atoms with van der Waals surface area (Å²) in [6.07, 6.45) is -7.14. The van der Waals surface area contributed by atoms with Gasteiger partial charge in [-0.3, -0.25) is 4.79 Å².